The predicted molar refractivity (Wildman–Crippen MR) is 110 cm³/mol. The number of carboxylic acids is 2. The Bertz CT molecular complexity index is 861. The van der Waals surface area contributed by atoms with E-state index in [2.05, 4.69) is 34.2 Å². The molecule has 2 aromatic heterocycles. The topological polar surface area (TPSA) is 106 Å². The highest BCUT2D eigenvalue weighted by molar-refractivity contribution is 5.82. The summed E-state index contributed by atoms with van der Waals surface area (Å²) in [7, 11) is 0. The minimum Gasteiger partial charge on any atom is -0.481 e. The van der Waals surface area contributed by atoms with E-state index in [1.54, 1.807) is 0 Å². The van der Waals surface area contributed by atoms with Gasteiger partial charge in [0.15, 0.2) is 0 Å². The second kappa shape index (κ2) is 11.2. The number of carboxylic acid groups (broad SMARTS) is 2. The summed E-state index contributed by atoms with van der Waals surface area (Å²) in [5, 5.41) is 21.4. The lowest BCUT2D eigenvalue weighted by atomic mass is 10.2. The second-order valence-electron chi connectivity index (χ2n) is 6.16. The van der Waals surface area contributed by atoms with E-state index in [0.29, 0.717) is 12.8 Å². The second-order valence-corrected chi connectivity index (χ2v) is 6.16. The smallest absolute Gasteiger partial charge is 0.303 e. The molecular formula is C22H24N2O4. The summed E-state index contributed by atoms with van der Waals surface area (Å²) in [5.41, 5.74) is 0. The summed E-state index contributed by atoms with van der Waals surface area (Å²) in [6, 6.07) is 16.5. The summed E-state index contributed by atoms with van der Waals surface area (Å²) >= 11 is 0. The molecule has 0 unspecified atom stereocenters. The van der Waals surface area contributed by atoms with Crippen molar-refractivity contribution in [1.29, 1.82) is 0 Å². The van der Waals surface area contributed by atoms with Gasteiger partial charge in [0.25, 0.3) is 0 Å². The van der Waals surface area contributed by atoms with Gasteiger partial charge in [-0.3, -0.25) is 9.59 Å². The Kier molecular flexibility index (Phi) is 8.33. The van der Waals surface area contributed by atoms with Crippen LogP contribution in [0.5, 0.6) is 0 Å². The van der Waals surface area contributed by atoms with Crippen LogP contribution in [-0.2, 0) is 9.59 Å². The standard InChI is InChI=1S/2C8H7N.C6H10O4/c2*1-2-4-8-6-9-5-7(8)3-1;7-5(8)3-1-2-4-6(9)10/h2*1-6,9H;1-4H2,(H,7,8)(H,9,10). The van der Waals surface area contributed by atoms with Gasteiger partial charge in [0.2, 0.25) is 0 Å². The average Bonchev–Trinajstić information content (AvgIpc) is 3.35. The maximum absolute atomic E-state index is 9.90. The Balaban J connectivity index is 0.000000150. The van der Waals surface area contributed by atoms with Gasteiger partial charge in [0.1, 0.15) is 0 Å². The van der Waals surface area contributed by atoms with Gasteiger partial charge in [0, 0.05) is 37.6 Å². The molecule has 4 rings (SSSR count). The first-order chi connectivity index (χ1) is 13.6. The lowest BCUT2D eigenvalue weighted by Crippen LogP contribution is -1.97. The molecule has 2 heterocycles. The van der Waals surface area contributed by atoms with Crippen molar-refractivity contribution < 1.29 is 19.8 Å². The van der Waals surface area contributed by atoms with E-state index in [1.807, 2.05) is 49.1 Å². The predicted octanol–water partition coefficient (Wildman–Crippen LogP) is 5.05. The molecule has 4 N–H and O–H groups in total. The summed E-state index contributed by atoms with van der Waals surface area (Å²) in [4.78, 5) is 25.9. The van der Waals surface area contributed by atoms with Crippen molar-refractivity contribution in [3.63, 3.8) is 0 Å². The van der Waals surface area contributed by atoms with Crippen LogP contribution in [0.25, 0.3) is 21.5 Å². The van der Waals surface area contributed by atoms with E-state index in [0.717, 1.165) is 0 Å². The molecule has 2 aromatic carbocycles. The molecule has 0 aliphatic carbocycles. The number of benzene rings is 2. The zero-order valence-electron chi connectivity index (χ0n) is 15.5. The fourth-order valence-electron chi connectivity index (χ4n) is 2.54. The first-order valence-corrected chi connectivity index (χ1v) is 9.03. The zero-order chi connectivity index (χ0) is 20.2. The van der Waals surface area contributed by atoms with Crippen molar-refractivity contribution in [2.45, 2.75) is 25.7 Å². The Morgan fingerprint density at radius 2 is 0.893 bits per heavy atom. The third-order valence-corrected chi connectivity index (χ3v) is 3.98. The molecule has 0 aliphatic heterocycles. The van der Waals surface area contributed by atoms with Crippen molar-refractivity contribution in [3.8, 4) is 0 Å². The lowest BCUT2D eigenvalue weighted by molar-refractivity contribution is -0.139. The largest absolute Gasteiger partial charge is 0.481 e. The number of hydrogen-bond donors (Lipinski definition) is 4. The molecule has 146 valence electrons. The maximum atomic E-state index is 9.90. The van der Waals surface area contributed by atoms with Gasteiger partial charge >= 0.3 is 11.9 Å². The van der Waals surface area contributed by atoms with Crippen LogP contribution in [0.2, 0.25) is 0 Å². The van der Waals surface area contributed by atoms with Gasteiger partial charge in [-0.25, -0.2) is 0 Å². The van der Waals surface area contributed by atoms with Gasteiger partial charge in [-0.1, -0.05) is 48.5 Å². The molecule has 0 bridgehead atoms. The van der Waals surface area contributed by atoms with E-state index >= 15 is 0 Å². The van der Waals surface area contributed by atoms with Gasteiger partial charge in [-0.2, -0.15) is 0 Å². The fourth-order valence-corrected chi connectivity index (χ4v) is 2.54. The highest BCUT2D eigenvalue weighted by Crippen LogP contribution is 2.11. The van der Waals surface area contributed by atoms with E-state index in [1.165, 1.54) is 21.5 Å². The van der Waals surface area contributed by atoms with Crippen LogP contribution in [-0.4, -0.2) is 32.1 Å². The molecule has 6 nitrogen and oxygen atoms in total. The normalized spacial score (nSPS) is 9.86. The van der Waals surface area contributed by atoms with Gasteiger partial charge in [-0.15, -0.1) is 0 Å². The number of H-pyrrole nitrogens is 2. The SMILES string of the molecule is O=C(O)CCCCC(=O)O.c1ccc2c[nH]cc2c1.c1ccc2c[nH]cc2c1. The summed E-state index contributed by atoms with van der Waals surface area (Å²) in [5.74, 6) is -1.74. The molecule has 6 heteroatoms. The number of nitrogens with one attached hydrogen (secondary N) is 2. The van der Waals surface area contributed by atoms with E-state index < -0.39 is 11.9 Å². The number of hydrogen-bond acceptors (Lipinski definition) is 2. The van der Waals surface area contributed by atoms with Crippen molar-refractivity contribution >= 4 is 33.5 Å². The van der Waals surface area contributed by atoms with Crippen LogP contribution >= 0.6 is 0 Å². The van der Waals surface area contributed by atoms with E-state index in [4.69, 9.17) is 10.2 Å². The summed E-state index contributed by atoms with van der Waals surface area (Å²) in [6.45, 7) is 0. The number of rotatable bonds is 5. The van der Waals surface area contributed by atoms with Gasteiger partial charge in [0.05, 0.1) is 0 Å². The van der Waals surface area contributed by atoms with Crippen LogP contribution in [0.4, 0.5) is 0 Å². The Morgan fingerprint density at radius 1 is 0.607 bits per heavy atom. The van der Waals surface area contributed by atoms with Crippen molar-refractivity contribution in [2.75, 3.05) is 0 Å². The minimum atomic E-state index is -0.870. The Labute approximate surface area is 162 Å². The molecule has 0 saturated heterocycles. The quantitative estimate of drug-likeness (QED) is 0.363. The number of carbonyl (C=O) groups is 2. The average molecular weight is 380 g/mol. The number of unbranched alkanes of at least 4 members (excludes halogenated alkanes) is 1. The van der Waals surface area contributed by atoms with E-state index in [9.17, 15) is 9.59 Å². The third kappa shape index (κ3) is 7.37. The molecular weight excluding hydrogens is 356 g/mol. The van der Waals surface area contributed by atoms with Crippen molar-refractivity contribution in [2.24, 2.45) is 0 Å². The van der Waals surface area contributed by atoms with Crippen LogP contribution in [0.1, 0.15) is 25.7 Å². The maximum Gasteiger partial charge on any atom is 0.303 e. The number of aliphatic carboxylic acids is 2. The summed E-state index contributed by atoms with van der Waals surface area (Å²) in [6.07, 6.45) is 9.00. The Morgan fingerprint density at radius 3 is 1.14 bits per heavy atom. The number of aromatic amines is 2. The monoisotopic (exact) mass is 380 g/mol. The molecule has 28 heavy (non-hydrogen) atoms. The first kappa shape index (κ1) is 20.8. The fraction of sp³-hybridized carbons (Fsp3) is 0.182. The molecule has 0 radical (unpaired) electrons. The Hall–Kier alpha value is -3.54. The molecule has 0 spiro atoms. The number of fused-ring (bicyclic) bond motifs is 2. The minimum absolute atomic E-state index is 0.0628. The molecule has 0 fully saturated rings. The summed E-state index contributed by atoms with van der Waals surface area (Å²) < 4.78 is 0. The third-order valence-electron chi connectivity index (χ3n) is 3.98. The highest BCUT2D eigenvalue weighted by Gasteiger charge is 1.99. The highest BCUT2D eigenvalue weighted by atomic mass is 16.4. The van der Waals surface area contributed by atoms with Crippen molar-refractivity contribution in [1.82, 2.24) is 9.97 Å². The van der Waals surface area contributed by atoms with Gasteiger partial charge in [-0.05, 0) is 34.4 Å². The van der Waals surface area contributed by atoms with Crippen LogP contribution in [0.3, 0.4) is 0 Å². The van der Waals surface area contributed by atoms with Crippen LogP contribution < -0.4 is 0 Å². The first-order valence-electron chi connectivity index (χ1n) is 9.03. The van der Waals surface area contributed by atoms with Crippen LogP contribution in [0, 0.1) is 0 Å². The van der Waals surface area contributed by atoms with E-state index in [-0.39, 0.29) is 12.8 Å². The number of aromatic nitrogens is 2. The molecule has 0 saturated carbocycles. The van der Waals surface area contributed by atoms with Crippen molar-refractivity contribution in [3.05, 3.63) is 73.3 Å². The molecule has 0 amide bonds. The lowest BCUT2D eigenvalue weighted by Gasteiger charge is -1.92. The molecule has 0 aliphatic rings. The van der Waals surface area contributed by atoms with Gasteiger partial charge < -0.3 is 20.2 Å². The molecule has 4 aromatic rings. The zero-order valence-corrected chi connectivity index (χ0v) is 15.5. The molecule has 0 atom stereocenters. The van der Waals surface area contributed by atoms with Crippen LogP contribution in [0.15, 0.2) is 73.3 Å².